The molecule has 2 nitrogen and oxygen atoms in total. The van der Waals surface area contributed by atoms with E-state index < -0.39 is 0 Å². The first-order valence-corrected chi connectivity index (χ1v) is 4.56. The van der Waals surface area contributed by atoms with E-state index in [0.717, 1.165) is 12.0 Å². The molecule has 14 heavy (non-hydrogen) atoms. The van der Waals surface area contributed by atoms with E-state index in [2.05, 4.69) is 10.8 Å². The summed E-state index contributed by atoms with van der Waals surface area (Å²) in [6, 6.07) is 7.47. The largest absolute Gasteiger partial charge is 0.465 e. The number of rotatable bonds is 3. The van der Waals surface area contributed by atoms with Crippen LogP contribution in [0.3, 0.4) is 0 Å². The highest BCUT2D eigenvalue weighted by atomic mass is 16.5. The van der Waals surface area contributed by atoms with Crippen molar-refractivity contribution >= 4 is 5.97 Å². The van der Waals surface area contributed by atoms with E-state index in [0.29, 0.717) is 5.56 Å². The highest BCUT2D eigenvalue weighted by molar-refractivity contribution is 5.89. The maximum Gasteiger partial charge on any atom is 0.337 e. The van der Waals surface area contributed by atoms with Crippen LogP contribution in [0.4, 0.5) is 0 Å². The molecule has 74 valence electrons. The van der Waals surface area contributed by atoms with Crippen LogP contribution >= 0.6 is 0 Å². The SMILES string of the molecule is CC=CCc1cccc(C(=O)OC)c1. The van der Waals surface area contributed by atoms with Gasteiger partial charge in [-0.2, -0.15) is 0 Å². The minimum atomic E-state index is -0.285. The van der Waals surface area contributed by atoms with Crippen molar-refractivity contribution in [3.63, 3.8) is 0 Å². The second kappa shape index (κ2) is 5.22. The van der Waals surface area contributed by atoms with Gasteiger partial charge in [0.1, 0.15) is 0 Å². The number of benzene rings is 1. The summed E-state index contributed by atoms with van der Waals surface area (Å²) in [5.41, 5.74) is 1.72. The minimum absolute atomic E-state index is 0.285. The van der Waals surface area contributed by atoms with Gasteiger partial charge in [0.2, 0.25) is 0 Å². The molecule has 0 saturated carbocycles. The number of methoxy groups -OCH3 is 1. The quantitative estimate of drug-likeness (QED) is 0.541. The third kappa shape index (κ3) is 2.73. The first-order valence-electron chi connectivity index (χ1n) is 4.56. The first-order chi connectivity index (χ1) is 6.77. The summed E-state index contributed by atoms with van der Waals surface area (Å²) in [6.07, 6.45) is 4.89. The second-order valence-corrected chi connectivity index (χ2v) is 2.97. The Bertz CT molecular complexity index is 340. The zero-order valence-electron chi connectivity index (χ0n) is 8.49. The van der Waals surface area contributed by atoms with E-state index >= 15 is 0 Å². The van der Waals surface area contributed by atoms with Crippen LogP contribution in [0.5, 0.6) is 0 Å². The molecule has 0 amide bonds. The number of carbonyl (C=O) groups is 1. The van der Waals surface area contributed by atoms with Gasteiger partial charge in [0.15, 0.2) is 0 Å². The predicted octanol–water partition coefficient (Wildman–Crippen LogP) is 2.59. The van der Waals surface area contributed by atoms with E-state index in [4.69, 9.17) is 0 Å². The highest BCUT2D eigenvalue weighted by Crippen LogP contribution is 2.07. The Morgan fingerprint density at radius 2 is 2.29 bits per heavy atom. The molecular weight excluding hydrogens is 176 g/mol. The number of hydrogen-bond donors (Lipinski definition) is 0. The minimum Gasteiger partial charge on any atom is -0.465 e. The molecule has 0 bridgehead atoms. The predicted molar refractivity (Wildman–Crippen MR) is 56.3 cm³/mol. The van der Waals surface area contributed by atoms with Gasteiger partial charge in [-0.1, -0.05) is 24.3 Å². The molecule has 0 aliphatic heterocycles. The van der Waals surface area contributed by atoms with Crippen LogP contribution in [0.1, 0.15) is 22.8 Å². The van der Waals surface area contributed by atoms with Gasteiger partial charge in [0, 0.05) is 0 Å². The molecular formula is C12H14O2. The Labute approximate surface area is 84.2 Å². The van der Waals surface area contributed by atoms with Gasteiger partial charge in [-0.15, -0.1) is 0 Å². The number of hydrogen-bond acceptors (Lipinski definition) is 2. The van der Waals surface area contributed by atoms with Crippen molar-refractivity contribution in [3.05, 3.63) is 47.5 Å². The summed E-state index contributed by atoms with van der Waals surface area (Å²) >= 11 is 0. The van der Waals surface area contributed by atoms with E-state index in [1.165, 1.54) is 7.11 Å². The average Bonchev–Trinajstić information content (AvgIpc) is 2.25. The maximum atomic E-state index is 11.2. The number of allylic oxidation sites excluding steroid dienone is 2. The van der Waals surface area contributed by atoms with E-state index in [-0.39, 0.29) is 5.97 Å². The lowest BCUT2D eigenvalue weighted by Gasteiger charge is -2.01. The van der Waals surface area contributed by atoms with Gasteiger partial charge in [0.25, 0.3) is 0 Å². The Morgan fingerprint density at radius 3 is 2.93 bits per heavy atom. The lowest BCUT2D eigenvalue weighted by atomic mass is 10.1. The Morgan fingerprint density at radius 1 is 1.50 bits per heavy atom. The molecule has 0 radical (unpaired) electrons. The summed E-state index contributed by atoms with van der Waals surface area (Å²) in [6.45, 7) is 1.98. The molecule has 0 aromatic heterocycles. The molecule has 2 heteroatoms. The topological polar surface area (TPSA) is 26.3 Å². The highest BCUT2D eigenvalue weighted by Gasteiger charge is 2.04. The van der Waals surface area contributed by atoms with Gasteiger partial charge >= 0.3 is 5.97 Å². The fourth-order valence-electron chi connectivity index (χ4n) is 1.20. The number of esters is 1. The summed E-state index contributed by atoms with van der Waals surface area (Å²) in [5.74, 6) is -0.285. The fraction of sp³-hybridized carbons (Fsp3) is 0.250. The summed E-state index contributed by atoms with van der Waals surface area (Å²) in [7, 11) is 1.39. The standard InChI is InChI=1S/C12H14O2/c1-3-4-6-10-7-5-8-11(9-10)12(13)14-2/h3-5,7-9H,6H2,1-2H3. The van der Waals surface area contributed by atoms with Crippen molar-refractivity contribution < 1.29 is 9.53 Å². The van der Waals surface area contributed by atoms with Crippen LogP contribution in [0, 0.1) is 0 Å². The third-order valence-corrected chi connectivity index (χ3v) is 1.94. The zero-order chi connectivity index (χ0) is 10.4. The van der Waals surface area contributed by atoms with Crippen LogP contribution in [0.15, 0.2) is 36.4 Å². The van der Waals surface area contributed by atoms with E-state index in [1.807, 2.05) is 31.2 Å². The average molecular weight is 190 g/mol. The van der Waals surface area contributed by atoms with Gasteiger partial charge in [-0.3, -0.25) is 0 Å². The summed E-state index contributed by atoms with van der Waals surface area (Å²) in [4.78, 5) is 11.2. The van der Waals surface area contributed by atoms with Gasteiger partial charge < -0.3 is 4.74 Å². The van der Waals surface area contributed by atoms with Crippen molar-refractivity contribution in [2.75, 3.05) is 7.11 Å². The molecule has 0 saturated heterocycles. The summed E-state index contributed by atoms with van der Waals surface area (Å²) < 4.78 is 4.64. The van der Waals surface area contributed by atoms with Crippen molar-refractivity contribution in [1.82, 2.24) is 0 Å². The second-order valence-electron chi connectivity index (χ2n) is 2.97. The van der Waals surface area contributed by atoms with Crippen LogP contribution < -0.4 is 0 Å². The molecule has 0 unspecified atom stereocenters. The zero-order valence-corrected chi connectivity index (χ0v) is 8.49. The summed E-state index contributed by atoms with van der Waals surface area (Å²) in [5, 5.41) is 0. The molecule has 1 aromatic carbocycles. The smallest absolute Gasteiger partial charge is 0.337 e. The van der Waals surface area contributed by atoms with Crippen molar-refractivity contribution in [1.29, 1.82) is 0 Å². The molecule has 0 aliphatic carbocycles. The van der Waals surface area contributed by atoms with Crippen molar-refractivity contribution in [2.45, 2.75) is 13.3 Å². The molecule has 1 rings (SSSR count). The first kappa shape index (κ1) is 10.5. The van der Waals surface area contributed by atoms with Gasteiger partial charge in [-0.25, -0.2) is 4.79 Å². The number of ether oxygens (including phenoxy) is 1. The van der Waals surface area contributed by atoms with Gasteiger partial charge in [-0.05, 0) is 31.0 Å². The van der Waals surface area contributed by atoms with Crippen LogP contribution in [-0.2, 0) is 11.2 Å². The van der Waals surface area contributed by atoms with Crippen LogP contribution in [0.2, 0.25) is 0 Å². The van der Waals surface area contributed by atoms with E-state index in [1.54, 1.807) is 6.07 Å². The lowest BCUT2D eigenvalue weighted by molar-refractivity contribution is 0.0600. The molecule has 0 aliphatic rings. The molecule has 0 N–H and O–H groups in total. The molecule has 1 aromatic rings. The Balaban J connectivity index is 2.83. The monoisotopic (exact) mass is 190 g/mol. The number of carbonyl (C=O) groups excluding carboxylic acids is 1. The van der Waals surface area contributed by atoms with Crippen molar-refractivity contribution in [2.24, 2.45) is 0 Å². The van der Waals surface area contributed by atoms with E-state index in [9.17, 15) is 4.79 Å². The maximum absolute atomic E-state index is 11.2. The third-order valence-electron chi connectivity index (χ3n) is 1.94. The molecule has 0 fully saturated rings. The van der Waals surface area contributed by atoms with Gasteiger partial charge in [0.05, 0.1) is 12.7 Å². The molecule has 0 atom stereocenters. The van der Waals surface area contributed by atoms with Crippen molar-refractivity contribution in [3.8, 4) is 0 Å². The Kier molecular flexibility index (Phi) is 3.92. The van der Waals surface area contributed by atoms with Crippen LogP contribution in [0.25, 0.3) is 0 Å². The Hall–Kier alpha value is -1.57. The molecule has 0 heterocycles. The fourth-order valence-corrected chi connectivity index (χ4v) is 1.20. The van der Waals surface area contributed by atoms with Crippen LogP contribution in [-0.4, -0.2) is 13.1 Å². The lowest BCUT2D eigenvalue weighted by Crippen LogP contribution is -2.01. The normalized spacial score (nSPS) is 10.4. The molecule has 0 spiro atoms.